The Labute approximate surface area is 128 Å². The predicted molar refractivity (Wildman–Crippen MR) is 81.5 cm³/mol. The lowest BCUT2D eigenvalue weighted by Gasteiger charge is -2.03. The van der Waals surface area contributed by atoms with E-state index in [1.807, 2.05) is 6.92 Å². The van der Waals surface area contributed by atoms with E-state index in [1.165, 1.54) is 23.5 Å². The lowest BCUT2D eigenvalue weighted by Crippen LogP contribution is -2.05. The van der Waals surface area contributed by atoms with Crippen LogP contribution < -0.4 is 0 Å². The van der Waals surface area contributed by atoms with Gasteiger partial charge in [-0.2, -0.15) is 0 Å². The quantitative estimate of drug-likeness (QED) is 0.588. The second-order valence-corrected chi connectivity index (χ2v) is 5.45. The maximum Gasteiger partial charge on any atom is 0.354 e. The number of non-ortho nitro benzene ring substituents is 1. The normalized spacial score (nSPS) is 11.0. The molecule has 3 rings (SSSR count). The van der Waals surface area contributed by atoms with Gasteiger partial charge < -0.3 is 5.11 Å². The van der Waals surface area contributed by atoms with Gasteiger partial charge in [0, 0.05) is 23.1 Å². The van der Waals surface area contributed by atoms with Gasteiger partial charge in [0.05, 0.1) is 16.3 Å². The van der Waals surface area contributed by atoms with Gasteiger partial charge in [-0.15, -0.1) is 11.3 Å². The number of carboxylic acids is 1. The van der Waals surface area contributed by atoms with Gasteiger partial charge in [-0.25, -0.2) is 9.78 Å². The largest absolute Gasteiger partial charge is 0.477 e. The molecule has 0 atom stereocenters. The van der Waals surface area contributed by atoms with Crippen molar-refractivity contribution in [2.75, 3.05) is 0 Å². The fourth-order valence-corrected chi connectivity index (χ4v) is 3.26. The number of imidazole rings is 1. The average molecular weight is 317 g/mol. The molecule has 2 aromatic heterocycles. The van der Waals surface area contributed by atoms with Crippen LogP contribution in [0.25, 0.3) is 16.2 Å². The van der Waals surface area contributed by atoms with Crippen molar-refractivity contribution >= 4 is 28.0 Å². The van der Waals surface area contributed by atoms with Gasteiger partial charge in [0.25, 0.3) is 5.69 Å². The fourth-order valence-electron chi connectivity index (χ4n) is 2.35. The highest BCUT2D eigenvalue weighted by Gasteiger charge is 2.22. The van der Waals surface area contributed by atoms with Gasteiger partial charge in [0.15, 0.2) is 10.7 Å². The lowest BCUT2D eigenvalue weighted by atomic mass is 10.1. The Bertz CT molecular complexity index is 897. The number of hydrogen-bond acceptors (Lipinski definition) is 5. The van der Waals surface area contributed by atoms with Crippen LogP contribution in [0.3, 0.4) is 0 Å². The van der Waals surface area contributed by atoms with Crippen molar-refractivity contribution in [2.24, 2.45) is 0 Å². The molecular weight excluding hydrogens is 306 g/mol. The molecule has 0 spiro atoms. The monoisotopic (exact) mass is 317 g/mol. The highest BCUT2D eigenvalue weighted by molar-refractivity contribution is 7.15. The van der Waals surface area contributed by atoms with Crippen LogP contribution in [0.15, 0.2) is 29.6 Å². The summed E-state index contributed by atoms with van der Waals surface area (Å²) in [5.74, 6) is -1.06. The number of carbonyl (C=O) groups is 1. The van der Waals surface area contributed by atoms with Crippen LogP contribution in [0.1, 0.15) is 23.1 Å². The van der Waals surface area contributed by atoms with Crippen LogP contribution in [0, 0.1) is 10.1 Å². The van der Waals surface area contributed by atoms with Crippen molar-refractivity contribution in [3.05, 3.63) is 51.1 Å². The summed E-state index contributed by atoms with van der Waals surface area (Å²) in [7, 11) is 0. The second-order valence-electron chi connectivity index (χ2n) is 4.61. The van der Waals surface area contributed by atoms with Gasteiger partial charge in [0.1, 0.15) is 0 Å². The van der Waals surface area contributed by atoms with Crippen LogP contribution in [-0.2, 0) is 6.42 Å². The number of rotatable bonds is 4. The zero-order valence-corrected chi connectivity index (χ0v) is 12.3. The number of aromatic nitrogens is 2. The van der Waals surface area contributed by atoms with E-state index in [0.717, 1.165) is 0 Å². The minimum Gasteiger partial charge on any atom is -0.477 e. The molecule has 3 aromatic rings. The first-order valence-corrected chi connectivity index (χ1v) is 7.37. The van der Waals surface area contributed by atoms with Crippen molar-refractivity contribution < 1.29 is 14.8 Å². The zero-order valence-electron chi connectivity index (χ0n) is 11.5. The van der Waals surface area contributed by atoms with Crippen molar-refractivity contribution in [3.8, 4) is 11.3 Å². The molecule has 0 fully saturated rings. The first kappa shape index (κ1) is 14.2. The molecule has 0 radical (unpaired) electrons. The van der Waals surface area contributed by atoms with Crippen LogP contribution >= 0.6 is 11.3 Å². The van der Waals surface area contributed by atoms with E-state index in [1.54, 1.807) is 21.9 Å². The standard InChI is InChI=1S/C14H11N3O4S/c1-2-10-12(13(18)19)16-11(7-22-14(16)15-10)8-4-3-5-9(6-8)17(20)21/h3-7H,2H2,1H3,(H,18,19). The molecule has 22 heavy (non-hydrogen) atoms. The van der Waals surface area contributed by atoms with Crippen molar-refractivity contribution in [1.82, 2.24) is 9.38 Å². The van der Waals surface area contributed by atoms with E-state index in [2.05, 4.69) is 4.98 Å². The van der Waals surface area contributed by atoms with Crippen LogP contribution in [0.4, 0.5) is 5.69 Å². The number of benzene rings is 1. The van der Waals surface area contributed by atoms with Crippen LogP contribution in [-0.4, -0.2) is 25.4 Å². The Hall–Kier alpha value is -2.74. The zero-order chi connectivity index (χ0) is 15.9. The van der Waals surface area contributed by atoms with Gasteiger partial charge >= 0.3 is 5.97 Å². The highest BCUT2D eigenvalue weighted by atomic mass is 32.1. The molecule has 0 unspecified atom stereocenters. The Kier molecular flexibility index (Phi) is 3.38. The summed E-state index contributed by atoms with van der Waals surface area (Å²) in [5, 5.41) is 22.1. The third-order valence-electron chi connectivity index (χ3n) is 3.33. The molecule has 7 nitrogen and oxygen atoms in total. The summed E-state index contributed by atoms with van der Waals surface area (Å²) in [4.78, 5) is 26.9. The first-order valence-electron chi connectivity index (χ1n) is 6.50. The first-order chi connectivity index (χ1) is 10.5. The van der Waals surface area contributed by atoms with Crippen molar-refractivity contribution in [1.29, 1.82) is 0 Å². The second kappa shape index (κ2) is 5.23. The summed E-state index contributed by atoms with van der Waals surface area (Å²) in [5.41, 5.74) is 1.76. The van der Waals surface area contributed by atoms with E-state index in [9.17, 15) is 20.0 Å². The minimum atomic E-state index is -1.06. The van der Waals surface area contributed by atoms with Crippen molar-refractivity contribution in [3.63, 3.8) is 0 Å². The number of thiazole rings is 1. The summed E-state index contributed by atoms with van der Waals surface area (Å²) in [6.45, 7) is 1.84. The number of nitro groups is 1. The number of fused-ring (bicyclic) bond motifs is 1. The Balaban J connectivity index is 2.28. The predicted octanol–water partition coefficient (Wildman–Crippen LogP) is 3.23. The molecule has 0 amide bonds. The Morgan fingerprint density at radius 1 is 1.50 bits per heavy atom. The maximum atomic E-state index is 11.5. The molecule has 0 bridgehead atoms. The van der Waals surface area contributed by atoms with Crippen molar-refractivity contribution in [2.45, 2.75) is 13.3 Å². The van der Waals surface area contributed by atoms with E-state index < -0.39 is 10.9 Å². The number of nitrogens with zero attached hydrogens (tertiary/aromatic N) is 3. The molecule has 112 valence electrons. The average Bonchev–Trinajstić information content (AvgIpc) is 3.04. The molecule has 0 aliphatic rings. The van der Waals surface area contributed by atoms with E-state index >= 15 is 0 Å². The molecule has 0 aliphatic carbocycles. The molecule has 2 heterocycles. The minimum absolute atomic E-state index is 0.0374. The lowest BCUT2D eigenvalue weighted by molar-refractivity contribution is -0.384. The smallest absolute Gasteiger partial charge is 0.354 e. The summed E-state index contributed by atoms with van der Waals surface area (Å²) >= 11 is 1.31. The summed E-state index contributed by atoms with van der Waals surface area (Å²) < 4.78 is 1.55. The molecule has 1 aromatic carbocycles. The van der Waals surface area contributed by atoms with Gasteiger partial charge in [-0.1, -0.05) is 19.1 Å². The van der Waals surface area contributed by atoms with E-state index in [4.69, 9.17) is 0 Å². The van der Waals surface area contributed by atoms with E-state index in [-0.39, 0.29) is 11.4 Å². The van der Waals surface area contributed by atoms with E-state index in [0.29, 0.717) is 28.3 Å². The summed E-state index contributed by atoms with van der Waals surface area (Å²) in [6, 6.07) is 6.12. The number of aryl methyl sites for hydroxylation is 1. The SMILES string of the molecule is CCc1nc2scc(-c3cccc([N+](=O)[O-])c3)n2c1C(=O)O. The van der Waals surface area contributed by atoms with Gasteiger partial charge in [0.2, 0.25) is 0 Å². The van der Waals surface area contributed by atoms with Gasteiger partial charge in [-0.3, -0.25) is 14.5 Å². The number of aromatic carboxylic acids is 1. The van der Waals surface area contributed by atoms with Gasteiger partial charge in [-0.05, 0) is 6.42 Å². The number of nitro benzene ring substituents is 1. The number of carboxylic acid groups (broad SMARTS) is 1. The molecule has 8 heteroatoms. The summed E-state index contributed by atoms with van der Waals surface area (Å²) in [6.07, 6.45) is 0.504. The molecule has 0 saturated heterocycles. The number of hydrogen-bond donors (Lipinski definition) is 1. The molecule has 1 N–H and O–H groups in total. The van der Waals surface area contributed by atoms with Crippen LogP contribution in [0.5, 0.6) is 0 Å². The molecular formula is C14H11N3O4S. The Morgan fingerprint density at radius 3 is 2.91 bits per heavy atom. The maximum absolute atomic E-state index is 11.5. The highest BCUT2D eigenvalue weighted by Crippen LogP contribution is 2.31. The topological polar surface area (TPSA) is 97.7 Å². The van der Waals surface area contributed by atoms with Crippen LogP contribution in [0.2, 0.25) is 0 Å². The molecule has 0 aliphatic heterocycles. The molecule has 0 saturated carbocycles. The fraction of sp³-hybridized carbons (Fsp3) is 0.143. The Morgan fingerprint density at radius 2 is 2.27 bits per heavy atom. The third-order valence-corrected chi connectivity index (χ3v) is 4.15. The third kappa shape index (κ3) is 2.13.